The Morgan fingerprint density at radius 3 is 2.81 bits per heavy atom. The fourth-order valence-electron chi connectivity index (χ4n) is 1.86. The molecule has 1 aliphatic heterocycles. The molecule has 0 saturated heterocycles. The zero-order valence-corrected chi connectivity index (χ0v) is 11.6. The Balaban J connectivity index is 0.000000963. The van der Waals surface area contributed by atoms with Crippen LogP contribution < -0.4 is 5.10 Å². The quantitative estimate of drug-likeness (QED) is 0.799. The third-order valence-corrected chi connectivity index (χ3v) is 2.57. The van der Waals surface area contributed by atoms with Crippen LogP contribution in [0, 0.1) is 0 Å². The molecule has 0 saturated carbocycles. The summed E-state index contributed by atoms with van der Waals surface area (Å²) in [5, 5.41) is 7.82. The Hall–Kier alpha value is -1.21. The van der Waals surface area contributed by atoms with E-state index in [1.54, 1.807) is 6.20 Å². The van der Waals surface area contributed by atoms with Gasteiger partial charge in [-0.3, -0.25) is 4.99 Å². The first-order valence-electron chi connectivity index (χ1n) is 4.99. The van der Waals surface area contributed by atoms with Gasteiger partial charge in [-0.05, 0) is 18.1 Å². The first-order valence-corrected chi connectivity index (χ1v) is 4.99. The van der Waals surface area contributed by atoms with E-state index < -0.39 is 0 Å². The molecule has 0 aliphatic carbocycles. The standard InChI is InChI=1S/C12H10N3.W/c1-2-4-12-9(3-1)7-11(14-12)8-10-5-6-13-15-10;/h1-6H,7-8H2;/q-1;. The van der Waals surface area contributed by atoms with E-state index in [1.807, 2.05) is 12.1 Å². The first-order chi connectivity index (χ1) is 7.42. The molecule has 0 unspecified atom stereocenters. The van der Waals surface area contributed by atoms with Crippen LogP contribution in [0.2, 0.25) is 0 Å². The number of nitrogens with zero attached hydrogens (tertiary/aromatic N) is 3. The van der Waals surface area contributed by atoms with E-state index in [1.165, 1.54) is 11.3 Å². The summed E-state index contributed by atoms with van der Waals surface area (Å²) in [7, 11) is 0. The van der Waals surface area contributed by atoms with Gasteiger partial charge in [-0.1, -0.05) is 24.3 Å². The smallest absolute Gasteiger partial charge is 0.0665 e. The van der Waals surface area contributed by atoms with Crippen molar-refractivity contribution in [2.75, 3.05) is 0 Å². The third-order valence-electron chi connectivity index (χ3n) is 2.57. The van der Waals surface area contributed by atoms with Crippen LogP contribution in [0.15, 0.2) is 41.5 Å². The Kier molecular flexibility index (Phi) is 3.35. The molecule has 0 fully saturated rings. The summed E-state index contributed by atoms with van der Waals surface area (Å²) in [6.45, 7) is 0. The van der Waals surface area contributed by atoms with Crippen LogP contribution in [0.25, 0.3) is 0 Å². The molecule has 0 amide bonds. The minimum absolute atomic E-state index is 0. The number of hydrogen-bond donors (Lipinski definition) is 0. The molecule has 0 radical (unpaired) electrons. The second kappa shape index (κ2) is 4.75. The van der Waals surface area contributed by atoms with Crippen molar-refractivity contribution < 1.29 is 21.1 Å². The minimum atomic E-state index is 0. The van der Waals surface area contributed by atoms with E-state index in [9.17, 15) is 0 Å². The van der Waals surface area contributed by atoms with Gasteiger partial charge in [-0.25, -0.2) is 0 Å². The van der Waals surface area contributed by atoms with Crippen LogP contribution in [0.1, 0.15) is 11.3 Å². The number of fused-ring (bicyclic) bond motifs is 1. The maximum atomic E-state index is 4.58. The molecule has 4 heteroatoms. The second-order valence-corrected chi connectivity index (χ2v) is 3.68. The molecular weight excluding hydrogens is 370 g/mol. The molecule has 1 aliphatic rings. The summed E-state index contributed by atoms with van der Waals surface area (Å²) in [5.41, 5.74) is 4.59. The van der Waals surface area contributed by atoms with Gasteiger partial charge in [0, 0.05) is 39.4 Å². The molecule has 2 heterocycles. The van der Waals surface area contributed by atoms with Crippen LogP contribution >= 0.6 is 0 Å². The summed E-state index contributed by atoms with van der Waals surface area (Å²) in [6, 6.07) is 10.2. The maximum Gasteiger partial charge on any atom is 0.0665 e. The Labute approximate surface area is 108 Å². The van der Waals surface area contributed by atoms with Crippen molar-refractivity contribution in [3.63, 3.8) is 0 Å². The van der Waals surface area contributed by atoms with Crippen LogP contribution in [0.4, 0.5) is 5.69 Å². The number of aliphatic imine (C=N–C) groups is 1. The topological polar surface area (TPSA) is 39.4 Å². The molecule has 0 spiro atoms. The third kappa shape index (κ3) is 2.14. The molecule has 1 aromatic heterocycles. The van der Waals surface area contributed by atoms with E-state index in [2.05, 4.69) is 33.4 Å². The minimum Gasteiger partial charge on any atom is -0.579 e. The van der Waals surface area contributed by atoms with Crippen LogP contribution in [0.5, 0.6) is 0 Å². The summed E-state index contributed by atoms with van der Waals surface area (Å²) < 4.78 is 0. The molecule has 3 rings (SSSR count). The zero-order valence-electron chi connectivity index (χ0n) is 8.63. The van der Waals surface area contributed by atoms with Crippen molar-refractivity contribution in [2.45, 2.75) is 12.8 Å². The van der Waals surface area contributed by atoms with Gasteiger partial charge in [0.25, 0.3) is 0 Å². The number of rotatable bonds is 2. The van der Waals surface area contributed by atoms with Gasteiger partial charge in [-0.15, -0.1) is 5.69 Å². The summed E-state index contributed by atoms with van der Waals surface area (Å²) in [5.74, 6) is 0. The van der Waals surface area contributed by atoms with Crippen molar-refractivity contribution in [1.82, 2.24) is 10.2 Å². The largest absolute Gasteiger partial charge is 0.579 e. The van der Waals surface area contributed by atoms with Gasteiger partial charge in [0.2, 0.25) is 0 Å². The summed E-state index contributed by atoms with van der Waals surface area (Å²) in [6.07, 6.45) is 3.48. The average molecular weight is 380 g/mol. The molecular formula is C12H10N3W-. The summed E-state index contributed by atoms with van der Waals surface area (Å²) >= 11 is 0. The molecule has 0 bridgehead atoms. The van der Waals surface area contributed by atoms with E-state index in [0.29, 0.717) is 0 Å². The number of hydrogen-bond acceptors (Lipinski definition) is 2. The molecule has 3 nitrogen and oxygen atoms in total. The molecule has 1 aromatic carbocycles. The normalized spacial score (nSPS) is 12.9. The number of aromatic nitrogens is 2. The van der Waals surface area contributed by atoms with Gasteiger partial charge in [0.1, 0.15) is 0 Å². The van der Waals surface area contributed by atoms with E-state index in [4.69, 9.17) is 0 Å². The maximum absolute atomic E-state index is 4.58. The van der Waals surface area contributed by atoms with Crippen molar-refractivity contribution in [1.29, 1.82) is 0 Å². The van der Waals surface area contributed by atoms with Crippen molar-refractivity contribution in [3.05, 3.63) is 47.8 Å². The van der Waals surface area contributed by atoms with Crippen molar-refractivity contribution in [2.24, 2.45) is 4.99 Å². The van der Waals surface area contributed by atoms with Gasteiger partial charge in [0.05, 0.1) is 5.69 Å². The molecule has 16 heavy (non-hydrogen) atoms. The Morgan fingerprint density at radius 1 is 1.19 bits per heavy atom. The summed E-state index contributed by atoms with van der Waals surface area (Å²) in [4.78, 5) is 4.58. The van der Waals surface area contributed by atoms with E-state index in [-0.39, 0.29) is 21.1 Å². The first kappa shape index (κ1) is 11.3. The Morgan fingerprint density at radius 2 is 2.06 bits per heavy atom. The van der Waals surface area contributed by atoms with Gasteiger partial charge < -0.3 is 10.2 Å². The second-order valence-electron chi connectivity index (χ2n) is 3.68. The fraction of sp³-hybridized carbons (Fsp3) is 0.167. The number of benzene rings is 1. The van der Waals surface area contributed by atoms with Crippen LogP contribution in [-0.4, -0.2) is 10.8 Å². The van der Waals surface area contributed by atoms with Gasteiger partial charge in [-0.2, -0.15) is 0 Å². The monoisotopic (exact) mass is 380 g/mol. The zero-order chi connectivity index (χ0) is 10.1. The van der Waals surface area contributed by atoms with Crippen LogP contribution in [0.3, 0.4) is 0 Å². The SMILES string of the molecule is [W].c1ccc2c(c1)CC(Cc1ccn[n-]1)=N2. The van der Waals surface area contributed by atoms with E-state index >= 15 is 0 Å². The average Bonchev–Trinajstić information content (AvgIpc) is 2.86. The predicted molar refractivity (Wildman–Crippen MR) is 58.5 cm³/mol. The Bertz CT molecular complexity index is 503. The number of para-hydroxylation sites is 1. The van der Waals surface area contributed by atoms with Crippen molar-refractivity contribution >= 4 is 11.4 Å². The molecule has 2 aromatic rings. The molecule has 0 N–H and O–H groups in total. The van der Waals surface area contributed by atoms with Gasteiger partial charge in [0.15, 0.2) is 0 Å². The van der Waals surface area contributed by atoms with E-state index in [0.717, 1.165) is 24.2 Å². The predicted octanol–water partition coefficient (Wildman–Crippen LogP) is 1.91. The molecule has 0 atom stereocenters. The van der Waals surface area contributed by atoms with Gasteiger partial charge >= 0.3 is 0 Å². The van der Waals surface area contributed by atoms with Crippen LogP contribution in [-0.2, 0) is 33.9 Å². The molecule has 80 valence electrons. The fourth-order valence-corrected chi connectivity index (χ4v) is 1.86. The van der Waals surface area contributed by atoms with Crippen molar-refractivity contribution in [3.8, 4) is 0 Å².